The van der Waals surface area contributed by atoms with Crippen LogP contribution in [-0.4, -0.2) is 63.4 Å². The summed E-state index contributed by atoms with van der Waals surface area (Å²) >= 11 is 0. The number of nitrogen functional groups attached to an aromatic ring is 1. The number of aliphatic hydroxyl groups is 1. The first-order valence-corrected chi connectivity index (χ1v) is 13.0. The molecule has 0 radical (unpaired) electrons. The third kappa shape index (κ3) is 6.41. The predicted molar refractivity (Wildman–Crippen MR) is 127 cm³/mol. The van der Waals surface area contributed by atoms with Gasteiger partial charge in [-0.1, -0.05) is 18.2 Å². The number of nitrogens with two attached hydrogens (primary N) is 1. The standard InChI is InChI=1S/C22H27F4N4O8P/c1-12(2)36-18(32)13(3)29-39(34,38-14-7-5-4-6-8-14)35-11-21(19(23)24)22(25,26)16(31)17(37-21)30-10-9-15(27)28-20(30)33/h4-10,12-13,16-17,19,31H,11H2,1-3H3,(H,29,34)(H2,27,28,33)/t13-,16-,17+,21-,39?/m0/s1. The van der Waals surface area contributed by atoms with Crippen LogP contribution in [0.1, 0.15) is 27.0 Å². The van der Waals surface area contributed by atoms with Gasteiger partial charge in [0.1, 0.15) is 17.6 Å². The van der Waals surface area contributed by atoms with Gasteiger partial charge in [0.15, 0.2) is 12.3 Å². The van der Waals surface area contributed by atoms with Crippen molar-refractivity contribution in [1.82, 2.24) is 14.6 Å². The van der Waals surface area contributed by atoms with Crippen molar-refractivity contribution in [2.24, 2.45) is 0 Å². The molecule has 1 unspecified atom stereocenters. The lowest BCUT2D eigenvalue weighted by Gasteiger charge is -2.34. The largest absolute Gasteiger partial charge is 0.462 e. The molecular weight excluding hydrogens is 555 g/mol. The predicted octanol–water partition coefficient (Wildman–Crippen LogP) is 2.49. The molecule has 0 bridgehead atoms. The Morgan fingerprint density at radius 3 is 2.46 bits per heavy atom. The average Bonchev–Trinajstić information content (AvgIpc) is 3.04. The number of hydrogen-bond acceptors (Lipinski definition) is 10. The topological polar surface area (TPSA) is 164 Å². The lowest BCUT2D eigenvalue weighted by Crippen LogP contribution is -2.57. The molecular formula is C22H27F4N4O8P. The van der Waals surface area contributed by atoms with Gasteiger partial charge in [0, 0.05) is 6.20 Å². The number of nitrogens with one attached hydrogen (secondary N) is 1. The number of carbonyl (C=O) groups excluding carboxylic acids is 1. The van der Waals surface area contributed by atoms with Gasteiger partial charge in [0.2, 0.25) is 5.60 Å². The molecule has 1 saturated heterocycles. The summed E-state index contributed by atoms with van der Waals surface area (Å²) in [6.07, 6.45) is -9.13. The van der Waals surface area contributed by atoms with E-state index in [-0.39, 0.29) is 11.6 Å². The fourth-order valence-electron chi connectivity index (χ4n) is 3.52. The molecule has 1 aromatic carbocycles. The molecule has 3 rings (SSSR count). The van der Waals surface area contributed by atoms with Crippen molar-refractivity contribution < 1.29 is 50.5 Å². The highest BCUT2D eigenvalue weighted by Crippen LogP contribution is 2.54. The number of halogens is 4. The Balaban J connectivity index is 1.95. The lowest BCUT2D eigenvalue weighted by molar-refractivity contribution is -0.242. The molecule has 12 nitrogen and oxygen atoms in total. The van der Waals surface area contributed by atoms with Crippen molar-refractivity contribution in [2.45, 2.75) is 63.2 Å². The van der Waals surface area contributed by atoms with Gasteiger partial charge in [0.05, 0.1) is 12.7 Å². The monoisotopic (exact) mass is 582 g/mol. The Bertz CT molecular complexity index is 1270. The van der Waals surface area contributed by atoms with E-state index in [2.05, 4.69) is 10.1 Å². The fraction of sp³-hybridized carbons (Fsp3) is 0.500. The normalized spacial score (nSPS) is 24.9. The molecule has 2 aromatic rings. The van der Waals surface area contributed by atoms with E-state index in [4.69, 9.17) is 24.3 Å². The second-order valence-electron chi connectivity index (χ2n) is 8.82. The van der Waals surface area contributed by atoms with E-state index in [1.165, 1.54) is 45.0 Å². The Morgan fingerprint density at radius 1 is 1.26 bits per heavy atom. The molecule has 1 fully saturated rings. The smallest absolute Gasteiger partial charge is 0.459 e. The van der Waals surface area contributed by atoms with Gasteiger partial charge in [-0.2, -0.15) is 18.9 Å². The molecule has 4 N–H and O–H groups in total. The minimum absolute atomic E-state index is 0.125. The minimum atomic E-state index is -4.89. The zero-order valence-corrected chi connectivity index (χ0v) is 21.8. The van der Waals surface area contributed by atoms with E-state index in [1.807, 2.05) is 0 Å². The van der Waals surface area contributed by atoms with Crippen molar-refractivity contribution in [2.75, 3.05) is 12.3 Å². The fourth-order valence-corrected chi connectivity index (χ4v) is 5.04. The summed E-state index contributed by atoms with van der Waals surface area (Å²) in [5.74, 6) is -6.11. The molecule has 5 atom stereocenters. The lowest BCUT2D eigenvalue weighted by atomic mass is 9.95. The number of anilines is 1. The van der Waals surface area contributed by atoms with Crippen LogP contribution in [0, 0.1) is 0 Å². The molecule has 0 saturated carbocycles. The van der Waals surface area contributed by atoms with Crippen LogP contribution in [0.4, 0.5) is 23.4 Å². The molecule has 39 heavy (non-hydrogen) atoms. The van der Waals surface area contributed by atoms with Crippen LogP contribution in [0.15, 0.2) is 47.4 Å². The quantitative estimate of drug-likeness (QED) is 0.203. The maximum atomic E-state index is 15.3. The zero-order chi connectivity index (χ0) is 29.2. The Morgan fingerprint density at radius 2 is 1.90 bits per heavy atom. The maximum absolute atomic E-state index is 15.3. The number of carbonyl (C=O) groups is 1. The van der Waals surface area contributed by atoms with E-state index >= 15 is 8.78 Å². The van der Waals surface area contributed by atoms with E-state index in [9.17, 15) is 28.0 Å². The first-order chi connectivity index (χ1) is 18.1. The summed E-state index contributed by atoms with van der Waals surface area (Å²) in [4.78, 5) is 27.7. The van der Waals surface area contributed by atoms with Crippen molar-refractivity contribution in [3.8, 4) is 5.75 Å². The SMILES string of the molecule is CC(C)OC(=O)[C@H](C)NP(=O)(OC[C@@]1(C(F)F)O[C@@H](n2ccc(N)nc2=O)[C@H](O)C1(F)F)Oc1ccccc1. The van der Waals surface area contributed by atoms with Crippen LogP contribution in [0.3, 0.4) is 0 Å². The average molecular weight is 582 g/mol. The number of aromatic nitrogens is 2. The third-order valence-electron chi connectivity index (χ3n) is 5.49. The highest BCUT2D eigenvalue weighted by Gasteiger charge is 2.74. The number of aliphatic hydroxyl groups excluding tert-OH is 1. The molecule has 0 aliphatic carbocycles. The molecule has 2 heterocycles. The van der Waals surface area contributed by atoms with E-state index in [1.54, 1.807) is 6.07 Å². The minimum Gasteiger partial charge on any atom is -0.462 e. The number of nitrogens with zero attached hydrogens (tertiary/aromatic N) is 2. The Hall–Kier alpha value is -3.04. The number of benzene rings is 1. The van der Waals surface area contributed by atoms with Crippen LogP contribution in [0.5, 0.6) is 5.75 Å². The number of alkyl halides is 4. The number of rotatable bonds is 11. The van der Waals surface area contributed by atoms with Crippen LogP contribution in [-0.2, 0) is 23.4 Å². The second-order valence-corrected chi connectivity index (χ2v) is 10.5. The summed E-state index contributed by atoms with van der Waals surface area (Å²) < 4.78 is 93.3. The summed E-state index contributed by atoms with van der Waals surface area (Å²) in [6.45, 7) is 2.46. The first kappa shape index (κ1) is 30.5. The number of ether oxygens (including phenoxy) is 2. The van der Waals surface area contributed by atoms with Crippen LogP contribution < -0.4 is 21.0 Å². The summed E-state index contributed by atoms with van der Waals surface area (Å²) in [5, 5.41) is 12.4. The maximum Gasteiger partial charge on any atom is 0.459 e. The van der Waals surface area contributed by atoms with Gasteiger partial charge in [-0.05, 0) is 39.0 Å². The zero-order valence-electron chi connectivity index (χ0n) is 20.9. The van der Waals surface area contributed by atoms with Gasteiger partial charge >= 0.3 is 25.3 Å². The van der Waals surface area contributed by atoms with Gasteiger partial charge < -0.3 is 24.8 Å². The number of hydrogen-bond donors (Lipinski definition) is 3. The first-order valence-electron chi connectivity index (χ1n) is 11.5. The second kappa shape index (κ2) is 11.6. The van der Waals surface area contributed by atoms with Gasteiger partial charge in [0.25, 0.3) is 6.43 Å². The van der Waals surface area contributed by atoms with Crippen molar-refractivity contribution in [1.29, 1.82) is 0 Å². The van der Waals surface area contributed by atoms with Crippen LogP contribution >= 0.6 is 7.75 Å². The molecule has 1 aromatic heterocycles. The van der Waals surface area contributed by atoms with E-state index < -0.39 is 68.4 Å². The molecule has 216 valence electrons. The van der Waals surface area contributed by atoms with Crippen molar-refractivity contribution >= 4 is 19.5 Å². The van der Waals surface area contributed by atoms with Crippen molar-refractivity contribution in [3.63, 3.8) is 0 Å². The van der Waals surface area contributed by atoms with Gasteiger partial charge in [-0.15, -0.1) is 0 Å². The molecule has 1 aliphatic heterocycles. The molecule has 0 spiro atoms. The summed E-state index contributed by atoms with van der Waals surface area (Å²) in [6, 6.07) is 6.69. The summed E-state index contributed by atoms with van der Waals surface area (Å²) in [5.41, 5.74) is 0.176. The Labute approximate surface area is 219 Å². The Kier molecular flexibility index (Phi) is 9.07. The molecule has 1 aliphatic rings. The van der Waals surface area contributed by atoms with Gasteiger partial charge in [-0.3, -0.25) is 13.9 Å². The van der Waals surface area contributed by atoms with E-state index in [0.717, 1.165) is 12.3 Å². The van der Waals surface area contributed by atoms with E-state index in [0.29, 0.717) is 4.57 Å². The van der Waals surface area contributed by atoms with Crippen molar-refractivity contribution in [3.05, 3.63) is 53.1 Å². The van der Waals surface area contributed by atoms with Gasteiger partial charge in [-0.25, -0.2) is 18.1 Å². The number of para-hydroxylation sites is 1. The van der Waals surface area contributed by atoms with Crippen LogP contribution in [0.25, 0.3) is 0 Å². The molecule has 0 amide bonds. The third-order valence-corrected chi connectivity index (χ3v) is 7.11. The van der Waals surface area contributed by atoms with Crippen LogP contribution in [0.2, 0.25) is 0 Å². The highest BCUT2D eigenvalue weighted by atomic mass is 31.2. The number of esters is 1. The highest BCUT2D eigenvalue weighted by molar-refractivity contribution is 7.52. The molecule has 17 heteroatoms. The summed E-state index contributed by atoms with van der Waals surface area (Å²) in [7, 11) is -4.89.